The van der Waals surface area contributed by atoms with Gasteiger partial charge in [-0.2, -0.15) is 46.9 Å². The summed E-state index contributed by atoms with van der Waals surface area (Å²) in [4.78, 5) is 154. The van der Waals surface area contributed by atoms with E-state index in [9.17, 15) is 0 Å². The molecule has 0 saturated carbocycles. The standard InChI is InChI=1S/Cs.6H3O4P.12W/c;6*1-5(2,3)4;;;;;;;;;;;;/h;6*(H3,1,2,3,4);;;;;;;;;;;;/q+1;;;;;;;;;;;;;;;;;;/p-18. The molecule has 0 aliphatic carbocycles. The summed E-state index contributed by atoms with van der Waals surface area (Å²) in [7, 11) is -32.3. The van der Waals surface area contributed by atoms with Gasteiger partial charge in [-0.05, 0) is 0 Å². The molecule has 0 aromatic carbocycles. The van der Waals surface area contributed by atoms with E-state index in [4.69, 9.17) is 115 Å². The minimum Gasteiger partial charge on any atom is -0.822 e. The third kappa shape index (κ3) is 1140. The Morgan fingerprint density at radius 2 is 0.186 bits per heavy atom. The van der Waals surface area contributed by atoms with Gasteiger partial charge < -0.3 is 115 Å². The van der Waals surface area contributed by atoms with Gasteiger partial charge in [-0.3, -0.25) is 0 Å². The maximum absolute atomic E-state index is 8.55. The maximum Gasteiger partial charge on any atom is 1.00 e. The Labute approximate surface area is 473 Å². The van der Waals surface area contributed by atoms with Gasteiger partial charge in [0.25, 0.3) is 0 Å². The van der Waals surface area contributed by atoms with Gasteiger partial charge in [0, 0.05) is 253 Å². The minimum atomic E-state index is -5.39. The molecule has 0 aliphatic heterocycles. The third-order valence-corrected chi connectivity index (χ3v) is 0. The van der Waals surface area contributed by atoms with Crippen molar-refractivity contribution >= 4 is 46.9 Å². The molecule has 24 nitrogen and oxygen atoms in total. The molecule has 0 spiro atoms. The summed E-state index contributed by atoms with van der Waals surface area (Å²) in [6, 6.07) is 0. The van der Waals surface area contributed by atoms with Gasteiger partial charge in [-0.25, -0.2) is 0 Å². The average molecular weight is 2910 g/mol. The van der Waals surface area contributed by atoms with E-state index in [2.05, 4.69) is 0 Å². The molecule has 264 valence electrons. The molecule has 43 heavy (non-hydrogen) atoms. The summed E-state index contributed by atoms with van der Waals surface area (Å²) >= 11 is 0. The van der Waals surface area contributed by atoms with E-state index in [-0.39, 0.29) is 322 Å². The fraction of sp³-hybridized carbons (Fsp3) is 0. The molecule has 0 saturated heterocycles. The Kier molecular flexibility index (Phi) is 187. The van der Waals surface area contributed by atoms with Gasteiger partial charge >= 0.3 is 68.9 Å². The van der Waals surface area contributed by atoms with E-state index in [1.807, 2.05) is 0 Å². The number of hydrogen-bond donors (Lipinski definition) is 0. The van der Waals surface area contributed by atoms with Crippen LogP contribution in [-0.2, 0) is 280 Å². The molecule has 0 aromatic rings. The summed E-state index contributed by atoms with van der Waals surface area (Å²) in [5.41, 5.74) is 0. The van der Waals surface area contributed by atoms with Gasteiger partial charge in [0.1, 0.15) is 0 Å². The Balaban J connectivity index is -0.00000000892. The summed E-state index contributed by atoms with van der Waals surface area (Å²) in [6.07, 6.45) is 0. The van der Waals surface area contributed by atoms with E-state index in [1.165, 1.54) is 0 Å². The molecule has 0 bridgehead atoms. The van der Waals surface area contributed by atoms with Crippen molar-refractivity contribution in [2.75, 3.05) is 0 Å². The first-order valence-corrected chi connectivity index (χ1v) is 13.1. The second-order valence-corrected chi connectivity index (χ2v) is 8.05. The smallest absolute Gasteiger partial charge is 0.822 e. The van der Waals surface area contributed by atoms with Crippen molar-refractivity contribution in [1.82, 2.24) is 0 Å². The fourth-order valence-electron chi connectivity index (χ4n) is 0. The SMILES string of the molecule is O=P([O-])([O-])[O-].O=P([O-])([O-])[O-].O=P([O-])([O-])[O-].O=P([O-])([O-])[O-].O=P([O-])([O-])[O-].O=P([O-])([O-])[O-].[Cs+].[W].[W].[W].[W].[W].[W].[W].[W].[W].[W].[W].[W]. The number of hydrogen-bond acceptors (Lipinski definition) is 24. The molecule has 0 radical (unpaired) electrons. The zero-order valence-electron chi connectivity index (χ0n) is 18.4. The number of rotatable bonds is 0. The molecular weight excluding hydrogens is 2910 g/mol. The van der Waals surface area contributed by atoms with Crippen LogP contribution in [0.15, 0.2) is 0 Å². The molecule has 0 rings (SSSR count). The molecule has 0 heterocycles. The van der Waals surface area contributed by atoms with Crippen molar-refractivity contribution in [1.29, 1.82) is 0 Å². The Morgan fingerprint density at radius 3 is 0.186 bits per heavy atom. The molecule has 43 heteroatoms. The van der Waals surface area contributed by atoms with Crippen LogP contribution < -0.4 is 157 Å². The van der Waals surface area contributed by atoms with Gasteiger partial charge in [-0.15, -0.1) is 0 Å². The molecule has 0 fully saturated rings. The predicted molar refractivity (Wildman–Crippen MR) is 45.6 cm³/mol. The van der Waals surface area contributed by atoms with Crippen molar-refractivity contribution in [2.45, 2.75) is 0 Å². The van der Waals surface area contributed by atoms with Crippen molar-refractivity contribution in [3.8, 4) is 0 Å². The predicted octanol–water partition coefficient (Wildman–Crippen LogP) is -20.0. The van der Waals surface area contributed by atoms with E-state index in [0.717, 1.165) is 0 Å². The molecule has 0 amide bonds. The summed E-state index contributed by atoms with van der Waals surface area (Å²) < 4.78 is 51.3. The van der Waals surface area contributed by atoms with Crippen LogP contribution in [0.4, 0.5) is 0 Å². The van der Waals surface area contributed by atoms with Gasteiger partial charge in [-0.1, -0.05) is 0 Å². The van der Waals surface area contributed by atoms with Crippen LogP contribution in [0.1, 0.15) is 0 Å². The molecule has 0 aromatic heterocycles. The first-order chi connectivity index (χ1) is 12.0. The first kappa shape index (κ1) is 124. The normalized spacial score (nSPS) is 8.23. The quantitative estimate of drug-likeness (QED) is 0.203. The van der Waals surface area contributed by atoms with Crippen molar-refractivity contribution in [2.24, 2.45) is 0 Å². The van der Waals surface area contributed by atoms with Crippen LogP contribution in [0.3, 0.4) is 0 Å². The molecule has 0 aliphatic rings. The zero-order chi connectivity index (χ0) is 27.0. The van der Waals surface area contributed by atoms with Crippen LogP contribution >= 0.6 is 46.9 Å². The molecule has 0 atom stereocenters. The first-order valence-electron chi connectivity index (χ1n) is 4.38. The Hall–Kier alpha value is 11.0. The zero-order valence-corrected chi connectivity index (χ0v) is 65.2. The van der Waals surface area contributed by atoms with E-state index in [0.29, 0.717) is 0 Å². The van der Waals surface area contributed by atoms with Crippen molar-refractivity contribution < 1.29 is 437 Å². The van der Waals surface area contributed by atoms with Crippen molar-refractivity contribution in [3.05, 3.63) is 0 Å². The molecule has 0 N–H and O–H groups in total. The van der Waals surface area contributed by atoms with Crippen LogP contribution in [-0.4, -0.2) is 0 Å². The largest absolute Gasteiger partial charge is 1.00 e. The van der Waals surface area contributed by atoms with Crippen LogP contribution in [0.25, 0.3) is 0 Å². The van der Waals surface area contributed by atoms with Gasteiger partial charge in [0.2, 0.25) is 0 Å². The fourth-order valence-corrected chi connectivity index (χ4v) is 0. The van der Waals surface area contributed by atoms with Gasteiger partial charge in [0.05, 0.1) is 0 Å². The van der Waals surface area contributed by atoms with E-state index < -0.39 is 46.9 Å². The molecular formula is CsO24P6W12-17. The topological polar surface area (TPSA) is 518 Å². The maximum atomic E-state index is 8.55. The average Bonchev–Trinajstić information content (AvgIpc) is 1.94. The van der Waals surface area contributed by atoms with Crippen LogP contribution in [0, 0.1) is 0 Å². The van der Waals surface area contributed by atoms with Gasteiger partial charge in [0.15, 0.2) is 0 Å². The number of phosphoric acid groups is 6. The Morgan fingerprint density at radius 1 is 0.186 bits per heavy atom. The summed E-state index contributed by atoms with van der Waals surface area (Å²) in [6.45, 7) is 0. The summed E-state index contributed by atoms with van der Waals surface area (Å²) in [5.74, 6) is 0. The minimum absolute atomic E-state index is 0. The third-order valence-electron chi connectivity index (χ3n) is 0. The monoisotopic (exact) mass is 2910 g/mol. The van der Waals surface area contributed by atoms with E-state index in [1.54, 1.807) is 0 Å². The van der Waals surface area contributed by atoms with Crippen LogP contribution in [0.5, 0.6) is 0 Å². The molecule has 0 unspecified atom stereocenters. The Bertz CT molecular complexity index is 497. The van der Waals surface area contributed by atoms with E-state index >= 15 is 0 Å². The summed E-state index contributed by atoms with van der Waals surface area (Å²) in [5, 5.41) is 0. The second-order valence-electron chi connectivity index (χ2n) is 2.68. The van der Waals surface area contributed by atoms with Crippen LogP contribution in [0.2, 0.25) is 0 Å². The second kappa shape index (κ2) is 64.8. The van der Waals surface area contributed by atoms with Crippen molar-refractivity contribution in [3.63, 3.8) is 0 Å².